The first-order valence-electron chi connectivity index (χ1n) is 6.23. The van der Waals surface area contributed by atoms with Gasteiger partial charge in [-0.25, -0.2) is 8.42 Å². The van der Waals surface area contributed by atoms with Crippen molar-refractivity contribution in [1.29, 1.82) is 0 Å². The average Bonchev–Trinajstić information content (AvgIpc) is 2.59. The van der Waals surface area contributed by atoms with E-state index in [2.05, 4.69) is 17.4 Å². The zero-order valence-electron chi connectivity index (χ0n) is 10.2. The average molecular weight is 269 g/mol. The Morgan fingerprint density at radius 3 is 2.56 bits per heavy atom. The Bertz CT molecular complexity index is 472. The van der Waals surface area contributed by atoms with E-state index in [1.165, 1.54) is 5.56 Å². The Morgan fingerprint density at radius 1 is 1.22 bits per heavy atom. The van der Waals surface area contributed by atoms with Crippen LogP contribution in [0.5, 0.6) is 0 Å². The van der Waals surface area contributed by atoms with Gasteiger partial charge in [0.15, 0.2) is 9.84 Å². The fourth-order valence-corrected chi connectivity index (χ4v) is 4.02. The summed E-state index contributed by atoms with van der Waals surface area (Å²) in [5, 5.41) is 12.7. The van der Waals surface area contributed by atoms with Crippen LogP contribution < -0.4 is 5.32 Å². The minimum absolute atomic E-state index is 0.0551. The number of aliphatic hydroxyl groups is 1. The summed E-state index contributed by atoms with van der Waals surface area (Å²) in [6.07, 6.45) is 1.14. The van der Waals surface area contributed by atoms with Crippen LogP contribution >= 0.6 is 0 Å². The van der Waals surface area contributed by atoms with Crippen LogP contribution in [-0.4, -0.2) is 43.7 Å². The van der Waals surface area contributed by atoms with E-state index in [0.717, 1.165) is 19.4 Å². The first-order chi connectivity index (χ1) is 8.57. The van der Waals surface area contributed by atoms with E-state index in [9.17, 15) is 13.5 Å². The van der Waals surface area contributed by atoms with Gasteiger partial charge < -0.3 is 10.4 Å². The molecule has 0 radical (unpaired) electrons. The van der Waals surface area contributed by atoms with Crippen molar-refractivity contribution in [2.24, 2.45) is 0 Å². The highest BCUT2D eigenvalue weighted by atomic mass is 32.2. The molecule has 1 aromatic rings. The lowest BCUT2D eigenvalue weighted by atomic mass is 10.1. The Balaban J connectivity index is 1.70. The lowest BCUT2D eigenvalue weighted by Gasteiger charge is -2.14. The zero-order chi connectivity index (χ0) is 13.0. The van der Waals surface area contributed by atoms with Crippen molar-refractivity contribution < 1.29 is 13.5 Å². The molecule has 1 fully saturated rings. The van der Waals surface area contributed by atoms with Gasteiger partial charge in [0, 0.05) is 6.04 Å². The monoisotopic (exact) mass is 269 g/mol. The van der Waals surface area contributed by atoms with Crippen LogP contribution in [0.15, 0.2) is 30.3 Å². The number of aliphatic hydroxyl groups excluding tert-OH is 1. The minimum atomic E-state index is -3.05. The molecule has 100 valence electrons. The summed E-state index contributed by atoms with van der Waals surface area (Å²) >= 11 is 0. The minimum Gasteiger partial charge on any atom is -0.390 e. The molecule has 0 aliphatic carbocycles. The van der Waals surface area contributed by atoms with Gasteiger partial charge in [-0.05, 0) is 24.9 Å². The molecule has 1 aromatic carbocycles. The molecule has 0 amide bonds. The third-order valence-electron chi connectivity index (χ3n) is 3.21. The molecule has 4 nitrogen and oxygen atoms in total. The van der Waals surface area contributed by atoms with Gasteiger partial charge in [-0.3, -0.25) is 0 Å². The molecule has 5 heteroatoms. The predicted octanol–water partition coefficient (Wildman–Crippen LogP) is 0.367. The second-order valence-electron chi connectivity index (χ2n) is 4.79. The van der Waals surface area contributed by atoms with Crippen LogP contribution in [-0.2, 0) is 16.3 Å². The maximum atomic E-state index is 11.3. The number of rotatable bonds is 5. The molecule has 1 saturated heterocycles. The lowest BCUT2D eigenvalue weighted by Crippen LogP contribution is -2.39. The van der Waals surface area contributed by atoms with Crippen molar-refractivity contribution >= 4 is 9.84 Å². The van der Waals surface area contributed by atoms with E-state index in [-0.39, 0.29) is 17.5 Å². The summed E-state index contributed by atoms with van der Waals surface area (Å²) in [6, 6.07) is 9.86. The van der Waals surface area contributed by atoms with E-state index in [4.69, 9.17) is 0 Å². The van der Waals surface area contributed by atoms with Crippen LogP contribution in [0.25, 0.3) is 0 Å². The molecule has 1 heterocycles. The van der Waals surface area contributed by atoms with Crippen molar-refractivity contribution in [2.45, 2.75) is 25.0 Å². The summed E-state index contributed by atoms with van der Waals surface area (Å²) < 4.78 is 22.6. The maximum Gasteiger partial charge on any atom is 0.154 e. The van der Waals surface area contributed by atoms with Crippen LogP contribution in [0.2, 0.25) is 0 Å². The fraction of sp³-hybridized carbons (Fsp3) is 0.538. The molecule has 0 bridgehead atoms. The van der Waals surface area contributed by atoms with E-state index < -0.39 is 15.9 Å². The summed E-state index contributed by atoms with van der Waals surface area (Å²) in [5.74, 6) is -0.0527. The molecule has 18 heavy (non-hydrogen) atoms. The molecule has 0 saturated carbocycles. The number of sulfone groups is 1. The van der Waals surface area contributed by atoms with Gasteiger partial charge in [-0.15, -0.1) is 0 Å². The van der Waals surface area contributed by atoms with Crippen LogP contribution in [0.1, 0.15) is 12.0 Å². The second-order valence-corrected chi connectivity index (χ2v) is 6.95. The largest absolute Gasteiger partial charge is 0.390 e. The molecular weight excluding hydrogens is 250 g/mol. The van der Waals surface area contributed by atoms with E-state index >= 15 is 0 Å². The predicted molar refractivity (Wildman–Crippen MR) is 71.2 cm³/mol. The van der Waals surface area contributed by atoms with Crippen molar-refractivity contribution in [1.82, 2.24) is 5.32 Å². The van der Waals surface area contributed by atoms with Crippen molar-refractivity contribution in [3.63, 3.8) is 0 Å². The number of hydrogen-bond acceptors (Lipinski definition) is 4. The van der Waals surface area contributed by atoms with Gasteiger partial charge in [0.2, 0.25) is 0 Å². The molecule has 1 aliphatic rings. The normalized spacial score (nSPS) is 26.3. The van der Waals surface area contributed by atoms with Crippen LogP contribution in [0, 0.1) is 0 Å². The summed E-state index contributed by atoms with van der Waals surface area (Å²) in [4.78, 5) is 0. The molecule has 0 spiro atoms. The van der Waals surface area contributed by atoms with Gasteiger partial charge in [-0.1, -0.05) is 30.3 Å². The smallest absolute Gasteiger partial charge is 0.154 e. The summed E-state index contributed by atoms with van der Waals surface area (Å²) in [6.45, 7) is 0.728. The highest BCUT2D eigenvalue weighted by Crippen LogP contribution is 2.12. The molecule has 2 atom stereocenters. The third kappa shape index (κ3) is 3.80. The number of hydrogen-bond donors (Lipinski definition) is 2. The maximum absolute atomic E-state index is 11.3. The Labute approximate surface area is 108 Å². The Morgan fingerprint density at radius 2 is 1.94 bits per heavy atom. The van der Waals surface area contributed by atoms with Gasteiger partial charge >= 0.3 is 0 Å². The molecule has 2 N–H and O–H groups in total. The molecule has 0 aromatic heterocycles. The van der Waals surface area contributed by atoms with E-state index in [0.29, 0.717) is 0 Å². The van der Waals surface area contributed by atoms with Crippen molar-refractivity contribution in [3.8, 4) is 0 Å². The van der Waals surface area contributed by atoms with Crippen molar-refractivity contribution in [3.05, 3.63) is 35.9 Å². The second kappa shape index (κ2) is 5.82. The van der Waals surface area contributed by atoms with Gasteiger partial charge in [0.1, 0.15) is 0 Å². The van der Waals surface area contributed by atoms with E-state index in [1.54, 1.807) is 0 Å². The van der Waals surface area contributed by atoms with Gasteiger partial charge in [0.05, 0.1) is 17.6 Å². The highest BCUT2D eigenvalue weighted by Gasteiger charge is 2.35. The molecule has 2 unspecified atom stereocenters. The lowest BCUT2D eigenvalue weighted by molar-refractivity contribution is 0.166. The first kappa shape index (κ1) is 13.5. The zero-order valence-corrected chi connectivity index (χ0v) is 11.1. The molecule has 2 rings (SSSR count). The highest BCUT2D eigenvalue weighted by molar-refractivity contribution is 7.91. The summed E-state index contributed by atoms with van der Waals surface area (Å²) in [7, 11) is -3.05. The summed E-state index contributed by atoms with van der Waals surface area (Å²) in [5.41, 5.74) is 1.28. The Kier molecular flexibility index (Phi) is 4.37. The number of benzene rings is 1. The SMILES string of the molecule is O=S1(=O)CC(O)C(NCCCc2ccccc2)C1. The number of nitrogens with one attached hydrogen (secondary N) is 1. The molecular formula is C13H19NO3S. The fourth-order valence-electron chi connectivity index (χ4n) is 2.25. The van der Waals surface area contributed by atoms with Gasteiger partial charge in [-0.2, -0.15) is 0 Å². The standard InChI is InChI=1S/C13H19NO3S/c15-13-10-18(16,17)9-12(13)14-8-4-7-11-5-2-1-3-6-11/h1-3,5-6,12-15H,4,7-10H2. The quantitative estimate of drug-likeness (QED) is 0.758. The topological polar surface area (TPSA) is 66.4 Å². The number of aryl methyl sites for hydroxylation is 1. The van der Waals surface area contributed by atoms with Crippen LogP contribution in [0.4, 0.5) is 0 Å². The molecule has 1 aliphatic heterocycles. The van der Waals surface area contributed by atoms with E-state index in [1.807, 2.05) is 18.2 Å². The first-order valence-corrected chi connectivity index (χ1v) is 8.05. The van der Waals surface area contributed by atoms with Crippen molar-refractivity contribution in [2.75, 3.05) is 18.1 Å². The third-order valence-corrected chi connectivity index (χ3v) is 4.93. The van der Waals surface area contributed by atoms with Gasteiger partial charge in [0.25, 0.3) is 0 Å². The Hall–Kier alpha value is -0.910. The van der Waals surface area contributed by atoms with Crippen LogP contribution in [0.3, 0.4) is 0 Å².